The monoisotopic (exact) mass is 583 g/mol. The highest BCUT2D eigenvalue weighted by atomic mass is 35.5. The van der Waals surface area contributed by atoms with Crippen LogP contribution in [0, 0.1) is 17.3 Å². The van der Waals surface area contributed by atoms with Gasteiger partial charge in [0.05, 0.1) is 17.6 Å². The molecule has 2 bridgehead atoms. The maximum atomic E-state index is 13.3. The lowest BCUT2D eigenvalue weighted by atomic mass is 9.43. The zero-order valence-corrected chi connectivity index (χ0v) is 26.0. The van der Waals surface area contributed by atoms with E-state index >= 15 is 0 Å². The van der Waals surface area contributed by atoms with Gasteiger partial charge in [-0.3, -0.25) is 9.59 Å². The smallest absolute Gasteiger partial charge is 0.481 e. The van der Waals surface area contributed by atoms with Gasteiger partial charge in [0.15, 0.2) is 6.04 Å². The van der Waals surface area contributed by atoms with Crippen molar-refractivity contribution >= 4 is 29.7 Å². The Labute approximate surface area is 251 Å². The lowest BCUT2D eigenvalue weighted by Crippen LogP contribution is -3.00. The Morgan fingerprint density at radius 1 is 1.05 bits per heavy atom. The van der Waals surface area contributed by atoms with Crippen molar-refractivity contribution in [3.63, 3.8) is 0 Å². The first-order chi connectivity index (χ1) is 19.0. The van der Waals surface area contributed by atoms with Crippen molar-refractivity contribution in [1.82, 2.24) is 10.6 Å². The molecule has 2 amide bonds. The third-order valence-electron chi connectivity index (χ3n) is 10.2. The first kappa shape index (κ1) is 31.8. The van der Waals surface area contributed by atoms with Crippen LogP contribution in [0.4, 0.5) is 0 Å². The fourth-order valence-electron chi connectivity index (χ4n) is 7.41. The Kier molecular flexibility index (Phi) is 9.79. The van der Waals surface area contributed by atoms with E-state index in [9.17, 15) is 9.59 Å². The van der Waals surface area contributed by atoms with Gasteiger partial charge in [0.2, 0.25) is 5.91 Å². The second-order valence-electron chi connectivity index (χ2n) is 13.3. The second kappa shape index (κ2) is 12.6. The normalized spacial score (nSPS) is 28.0. The van der Waals surface area contributed by atoms with E-state index in [-0.39, 0.29) is 47.3 Å². The van der Waals surface area contributed by atoms with Crippen LogP contribution in [0.2, 0.25) is 0 Å². The molecule has 7 nitrogen and oxygen atoms in total. The molecule has 4 aliphatic rings. The van der Waals surface area contributed by atoms with E-state index in [1.165, 1.54) is 11.8 Å². The van der Waals surface area contributed by atoms with Crippen molar-refractivity contribution in [2.75, 3.05) is 0 Å². The van der Waals surface area contributed by atoms with Gasteiger partial charge >= 0.3 is 7.12 Å². The summed E-state index contributed by atoms with van der Waals surface area (Å²) in [5.74, 6) is 0.438. The summed E-state index contributed by atoms with van der Waals surface area (Å²) >= 11 is 0. The number of halogens is 1. The van der Waals surface area contributed by atoms with Crippen LogP contribution in [0.5, 0.6) is 0 Å². The molecule has 9 heteroatoms. The Balaban J connectivity index is 0.00000387. The highest BCUT2D eigenvalue weighted by Gasteiger charge is 2.68. The fraction of sp³-hybridized carbons (Fsp3) is 0.625. The number of quaternary nitrogens is 1. The number of rotatable bonds is 11. The minimum absolute atomic E-state index is 0. The Morgan fingerprint density at radius 2 is 1.78 bits per heavy atom. The molecule has 41 heavy (non-hydrogen) atoms. The first-order valence-corrected chi connectivity index (χ1v) is 15.3. The Hall–Kier alpha value is -2.13. The minimum atomic E-state index is -0.687. The number of carbonyl (C=O) groups excluding carboxylic acids is 2. The lowest BCUT2D eigenvalue weighted by Gasteiger charge is -2.64. The summed E-state index contributed by atoms with van der Waals surface area (Å²) in [4.78, 5) is 26.3. The predicted octanol–water partition coefficient (Wildman–Crippen LogP) is 0.834. The van der Waals surface area contributed by atoms with Crippen LogP contribution < -0.4 is 28.8 Å². The van der Waals surface area contributed by atoms with Crippen molar-refractivity contribution in [2.45, 2.75) is 109 Å². The first-order valence-electron chi connectivity index (χ1n) is 15.3. The summed E-state index contributed by atoms with van der Waals surface area (Å²) < 4.78 is 13.2. The molecule has 4 fully saturated rings. The molecular weight excluding hydrogens is 537 g/mol. The lowest BCUT2D eigenvalue weighted by molar-refractivity contribution is -0.403. The summed E-state index contributed by atoms with van der Waals surface area (Å²) in [5.41, 5.74) is 5.08. The van der Waals surface area contributed by atoms with Gasteiger partial charge in [-0.25, -0.2) is 0 Å². The molecule has 0 spiro atoms. The van der Waals surface area contributed by atoms with Gasteiger partial charge in [-0.2, -0.15) is 0 Å². The Bertz CT molecular complexity index is 1240. The molecule has 224 valence electrons. The topological polar surface area (TPSA) is 104 Å². The maximum Gasteiger partial charge on any atom is 0.481 e. The van der Waals surface area contributed by atoms with Crippen LogP contribution in [0.15, 0.2) is 42.5 Å². The molecule has 1 aliphatic heterocycles. The molecule has 5 N–H and O–H groups in total. The predicted molar refractivity (Wildman–Crippen MR) is 158 cm³/mol. The molecule has 2 aromatic rings. The molecule has 6 rings (SSSR count). The average Bonchev–Trinajstić information content (AvgIpc) is 3.29. The van der Waals surface area contributed by atoms with E-state index in [0.717, 1.165) is 43.1 Å². The highest BCUT2D eigenvalue weighted by molar-refractivity contribution is 6.47. The Morgan fingerprint density at radius 3 is 2.49 bits per heavy atom. The molecule has 3 saturated carbocycles. The number of hydrogen-bond donors (Lipinski definition) is 3. The van der Waals surface area contributed by atoms with Crippen molar-refractivity contribution in [1.29, 1.82) is 0 Å². The van der Waals surface area contributed by atoms with E-state index in [0.29, 0.717) is 18.3 Å². The van der Waals surface area contributed by atoms with E-state index in [2.05, 4.69) is 68.3 Å². The molecule has 0 unspecified atom stereocenters. The van der Waals surface area contributed by atoms with Crippen LogP contribution in [0.25, 0.3) is 10.8 Å². The van der Waals surface area contributed by atoms with Gasteiger partial charge in [0.1, 0.15) is 6.04 Å². The van der Waals surface area contributed by atoms with Gasteiger partial charge < -0.3 is 38.1 Å². The molecule has 7 atom stereocenters. The fourth-order valence-corrected chi connectivity index (χ4v) is 7.41. The van der Waals surface area contributed by atoms with Gasteiger partial charge in [-0.1, -0.05) is 82.5 Å². The highest BCUT2D eigenvalue weighted by Crippen LogP contribution is 2.65. The second-order valence-corrected chi connectivity index (χ2v) is 13.3. The van der Waals surface area contributed by atoms with Crippen molar-refractivity contribution in [3.05, 3.63) is 48.0 Å². The SMILES string of the molecule is CCCCC[C@H](NC(=O)[C@H](C)NC(=O)[C@H]([NH3+])Cc1ccc2ccccc2c1)B1O[C@@H]2C[C@@H]3C[C@@H](C3(C)C)[C@]2(C)O1.[Cl-]. The number of carbonyl (C=O) groups is 2. The molecular formula is C32H47BClN3O4. The van der Waals surface area contributed by atoms with Crippen LogP contribution in [-0.2, 0) is 25.3 Å². The molecule has 0 radical (unpaired) electrons. The van der Waals surface area contributed by atoms with Crippen LogP contribution in [0.3, 0.4) is 0 Å². The number of hydrogen-bond acceptors (Lipinski definition) is 4. The summed E-state index contributed by atoms with van der Waals surface area (Å²) in [6.07, 6.45) is 6.73. The number of unbranched alkanes of at least 4 members (excludes halogenated alkanes) is 2. The summed E-state index contributed by atoms with van der Waals surface area (Å²) in [6, 6.07) is 13.2. The van der Waals surface area contributed by atoms with Crippen LogP contribution in [0.1, 0.15) is 78.7 Å². The number of benzene rings is 2. The maximum absolute atomic E-state index is 13.3. The summed E-state index contributed by atoms with van der Waals surface area (Å²) in [7, 11) is -0.470. The molecule has 2 aromatic carbocycles. The van der Waals surface area contributed by atoms with Gasteiger partial charge in [-0.15, -0.1) is 0 Å². The van der Waals surface area contributed by atoms with Crippen LogP contribution in [-0.4, -0.2) is 48.7 Å². The van der Waals surface area contributed by atoms with Crippen molar-refractivity contribution in [3.8, 4) is 0 Å². The zero-order valence-electron chi connectivity index (χ0n) is 25.3. The molecule has 1 heterocycles. The third kappa shape index (κ3) is 6.31. The van der Waals surface area contributed by atoms with E-state index in [1.807, 2.05) is 18.2 Å². The van der Waals surface area contributed by atoms with E-state index in [4.69, 9.17) is 9.31 Å². The van der Waals surface area contributed by atoms with Crippen LogP contribution >= 0.6 is 0 Å². The summed E-state index contributed by atoms with van der Waals surface area (Å²) in [5, 5.41) is 8.38. The van der Waals surface area contributed by atoms with Crippen molar-refractivity contribution < 1.29 is 37.0 Å². The van der Waals surface area contributed by atoms with E-state index in [1.54, 1.807) is 6.92 Å². The zero-order chi connectivity index (χ0) is 28.7. The molecule has 1 saturated heterocycles. The van der Waals surface area contributed by atoms with Gasteiger partial charge in [0.25, 0.3) is 5.91 Å². The van der Waals surface area contributed by atoms with Crippen molar-refractivity contribution in [2.24, 2.45) is 17.3 Å². The number of amides is 2. The summed E-state index contributed by atoms with van der Waals surface area (Å²) in [6.45, 7) is 10.8. The molecule has 3 aliphatic carbocycles. The quantitative estimate of drug-likeness (QED) is 0.269. The minimum Gasteiger partial charge on any atom is -1.00 e. The standard InChI is InChI=1S/C32H46BN3O4.ClH/c1-6-7-8-13-28(33-39-27-19-24-18-26(31(24,3)4)32(27,5)40-33)36-29(37)20(2)35-30(38)25(34)17-21-14-15-22-11-9-10-12-23(22)16-21;/h9-12,14-16,20,24-28H,6-8,13,17-19,34H2,1-5H3,(H,35,38)(H,36,37);1H/t20-,24-,25+,26-,27+,28-,32-;/m0./s1. The average molecular weight is 584 g/mol. The van der Waals surface area contributed by atoms with Gasteiger partial charge in [0, 0.05) is 6.42 Å². The van der Waals surface area contributed by atoms with E-state index < -0.39 is 19.2 Å². The third-order valence-corrected chi connectivity index (χ3v) is 10.2. The number of fused-ring (bicyclic) bond motifs is 1. The van der Waals surface area contributed by atoms with Gasteiger partial charge in [-0.05, 0) is 66.7 Å². The number of nitrogens with one attached hydrogen (secondary N) is 2. The largest absolute Gasteiger partial charge is 1.00 e. The molecule has 0 aromatic heterocycles.